The minimum absolute atomic E-state index is 0.344. The lowest BCUT2D eigenvalue weighted by molar-refractivity contribution is -0.386. The van der Waals surface area contributed by atoms with E-state index in [0.29, 0.717) is 6.07 Å². The molecule has 0 bridgehead atoms. The first-order valence-electron chi connectivity index (χ1n) is 10.5. The van der Waals surface area contributed by atoms with Crippen molar-refractivity contribution in [3.63, 3.8) is 0 Å². The lowest BCUT2D eigenvalue weighted by Crippen LogP contribution is -2.55. The summed E-state index contributed by atoms with van der Waals surface area (Å²) in [5.41, 5.74) is -5.94. The fourth-order valence-electron chi connectivity index (χ4n) is 4.77. The summed E-state index contributed by atoms with van der Waals surface area (Å²) in [6, 6.07) is 2.99. The molecule has 2 N–H and O–H groups in total. The van der Waals surface area contributed by atoms with Gasteiger partial charge in [0.15, 0.2) is 0 Å². The van der Waals surface area contributed by atoms with Crippen molar-refractivity contribution in [2.45, 2.75) is 62.4 Å². The molecule has 3 rings (SSSR count). The highest BCUT2D eigenvalue weighted by molar-refractivity contribution is 7.89. The first kappa shape index (κ1) is 28.1. The highest BCUT2D eigenvalue weighted by atomic mass is 32.2. The largest absolute Gasteiger partial charge is 0.410 e. The van der Waals surface area contributed by atoms with E-state index in [1.54, 1.807) is 41.5 Å². The average molecular weight is 557 g/mol. The zero-order valence-electron chi connectivity index (χ0n) is 20.6. The van der Waals surface area contributed by atoms with E-state index in [4.69, 9.17) is 0 Å². The molecular weight excluding hydrogens is 532 g/mol. The van der Waals surface area contributed by atoms with Gasteiger partial charge in [-0.1, -0.05) is 5.16 Å². The van der Waals surface area contributed by atoms with Gasteiger partial charge in [0.25, 0.3) is 21.5 Å². The number of hydrogen-bond acceptors (Lipinski definition) is 10. The van der Waals surface area contributed by atoms with Crippen LogP contribution < -0.4 is 0 Å². The molecule has 200 valence electrons. The predicted molar refractivity (Wildman–Crippen MR) is 131 cm³/mol. The molecule has 1 aliphatic carbocycles. The SMILES string of the molecule is CC(C)(C)N(C(C)(C)C)S(=O)(=O)c1cc2c(c([N+](=O)[O-])c1)-c1c(cc(S(=O)(=O)O)cc1[N+](=O)[O-])/C2=N\O. The van der Waals surface area contributed by atoms with Crippen LogP contribution in [0.3, 0.4) is 0 Å². The van der Waals surface area contributed by atoms with Crippen LogP contribution >= 0.6 is 0 Å². The Kier molecular flexibility index (Phi) is 6.49. The third-order valence-corrected chi connectivity index (χ3v) is 8.73. The minimum atomic E-state index is -4.98. The van der Waals surface area contributed by atoms with E-state index < -0.39 is 84.6 Å². The summed E-state index contributed by atoms with van der Waals surface area (Å²) >= 11 is 0. The van der Waals surface area contributed by atoms with E-state index in [9.17, 15) is 46.8 Å². The monoisotopic (exact) mass is 556 g/mol. The van der Waals surface area contributed by atoms with E-state index in [-0.39, 0.29) is 5.56 Å². The van der Waals surface area contributed by atoms with Crippen LogP contribution in [0.5, 0.6) is 0 Å². The van der Waals surface area contributed by atoms with Crippen LogP contribution in [-0.2, 0) is 20.1 Å². The summed E-state index contributed by atoms with van der Waals surface area (Å²) < 4.78 is 61.7. The van der Waals surface area contributed by atoms with Gasteiger partial charge in [-0.25, -0.2) is 8.42 Å². The molecule has 16 heteroatoms. The highest BCUT2D eigenvalue weighted by Gasteiger charge is 2.45. The summed E-state index contributed by atoms with van der Waals surface area (Å²) in [6.45, 7) is 9.80. The number of nitro groups is 2. The molecule has 0 aliphatic heterocycles. The van der Waals surface area contributed by atoms with Crippen LogP contribution in [0.1, 0.15) is 52.7 Å². The smallest absolute Gasteiger partial charge is 0.294 e. The first-order chi connectivity index (χ1) is 16.6. The van der Waals surface area contributed by atoms with E-state index >= 15 is 0 Å². The molecule has 0 atom stereocenters. The summed E-state index contributed by atoms with van der Waals surface area (Å²) in [6.07, 6.45) is 0. The minimum Gasteiger partial charge on any atom is -0.410 e. The topological polar surface area (TPSA) is 211 Å². The van der Waals surface area contributed by atoms with Gasteiger partial charge in [-0.05, 0) is 53.7 Å². The maximum atomic E-state index is 13.8. The number of fused-ring (bicyclic) bond motifs is 3. The Bertz CT molecular complexity index is 1590. The van der Waals surface area contributed by atoms with Crippen molar-refractivity contribution in [2.24, 2.45) is 5.16 Å². The molecule has 0 saturated carbocycles. The molecule has 0 radical (unpaired) electrons. The normalized spacial score (nSPS) is 15.1. The second-order valence-electron chi connectivity index (χ2n) is 10.3. The average Bonchev–Trinajstić information content (AvgIpc) is 3.02. The second-order valence-corrected chi connectivity index (χ2v) is 13.5. The molecule has 1 aliphatic rings. The van der Waals surface area contributed by atoms with Crippen molar-refractivity contribution in [1.29, 1.82) is 0 Å². The first-order valence-corrected chi connectivity index (χ1v) is 13.4. The summed E-state index contributed by atoms with van der Waals surface area (Å²) in [5, 5.41) is 36.7. The lowest BCUT2D eigenvalue weighted by atomic mass is 10.0. The van der Waals surface area contributed by atoms with Crippen molar-refractivity contribution in [3.05, 3.63) is 55.6 Å². The van der Waals surface area contributed by atoms with Gasteiger partial charge < -0.3 is 5.21 Å². The number of nitrogens with zero attached hydrogens (tertiary/aromatic N) is 4. The van der Waals surface area contributed by atoms with Crippen LogP contribution in [-0.4, -0.2) is 57.5 Å². The van der Waals surface area contributed by atoms with Gasteiger partial charge in [0.2, 0.25) is 10.0 Å². The van der Waals surface area contributed by atoms with E-state index in [1.165, 1.54) is 0 Å². The van der Waals surface area contributed by atoms with E-state index in [1.807, 2.05) is 0 Å². The fraction of sp³-hybridized carbons (Fsp3) is 0.381. The molecule has 0 amide bonds. The maximum Gasteiger partial charge on any atom is 0.294 e. The molecule has 2 aromatic carbocycles. The van der Waals surface area contributed by atoms with Crippen molar-refractivity contribution in [2.75, 3.05) is 0 Å². The molecule has 2 aromatic rings. The number of nitro benzene ring substituents is 2. The van der Waals surface area contributed by atoms with Gasteiger partial charge in [-0.15, -0.1) is 0 Å². The van der Waals surface area contributed by atoms with Crippen molar-refractivity contribution in [3.8, 4) is 11.1 Å². The summed E-state index contributed by atoms with van der Waals surface area (Å²) in [4.78, 5) is 20.5. The predicted octanol–water partition coefficient (Wildman–Crippen LogP) is 3.54. The van der Waals surface area contributed by atoms with Crippen LogP contribution in [0.25, 0.3) is 11.1 Å². The Balaban J connectivity index is 2.51. The number of hydrogen-bond donors (Lipinski definition) is 2. The molecule has 0 fully saturated rings. The zero-order valence-corrected chi connectivity index (χ0v) is 22.2. The second kappa shape index (κ2) is 8.54. The van der Waals surface area contributed by atoms with Gasteiger partial charge in [0.05, 0.1) is 25.9 Å². The highest BCUT2D eigenvalue weighted by Crippen LogP contribution is 2.49. The number of benzene rings is 2. The van der Waals surface area contributed by atoms with Gasteiger partial charge in [-0.2, -0.15) is 12.7 Å². The number of rotatable bonds is 5. The molecule has 0 saturated heterocycles. The number of sulfonamides is 1. The van der Waals surface area contributed by atoms with Crippen LogP contribution in [0.15, 0.2) is 39.2 Å². The van der Waals surface area contributed by atoms with Gasteiger partial charge in [-0.3, -0.25) is 24.8 Å². The Morgan fingerprint density at radius 2 is 1.16 bits per heavy atom. The van der Waals surface area contributed by atoms with Gasteiger partial charge >= 0.3 is 0 Å². The molecular formula is C21H24N4O10S2. The van der Waals surface area contributed by atoms with Gasteiger partial charge in [0.1, 0.15) is 10.6 Å². The van der Waals surface area contributed by atoms with Crippen LogP contribution in [0.4, 0.5) is 11.4 Å². The molecule has 0 aromatic heterocycles. The maximum absolute atomic E-state index is 13.8. The Morgan fingerprint density at radius 1 is 0.784 bits per heavy atom. The molecule has 0 spiro atoms. The van der Waals surface area contributed by atoms with Crippen molar-refractivity contribution >= 4 is 37.2 Å². The summed E-state index contributed by atoms with van der Waals surface area (Å²) in [7, 11) is -9.43. The third kappa shape index (κ3) is 4.68. The van der Waals surface area contributed by atoms with Crippen LogP contribution in [0, 0.1) is 20.2 Å². The Hall–Kier alpha value is -3.47. The quantitative estimate of drug-likeness (QED) is 0.202. The number of oxime groups is 1. The lowest BCUT2D eigenvalue weighted by Gasteiger charge is -2.43. The molecule has 14 nitrogen and oxygen atoms in total. The van der Waals surface area contributed by atoms with Crippen LogP contribution in [0.2, 0.25) is 0 Å². The van der Waals surface area contributed by atoms with E-state index in [0.717, 1.165) is 22.5 Å². The Morgan fingerprint density at radius 3 is 1.49 bits per heavy atom. The Labute approximate surface area is 212 Å². The third-order valence-electron chi connectivity index (χ3n) is 5.49. The van der Waals surface area contributed by atoms with E-state index in [2.05, 4.69) is 5.16 Å². The standard InChI is InChI=1S/C21H24N4O10S2/c1-20(2,3)25(21(4,5)6)36(31,32)11-7-13-17(15(9-11)23(27)28)18-14(19(13)22-26)8-12(37(33,34)35)10-16(18)24(29)30/h7-10,26H,1-6H3,(H,33,34,35)/b22-19-. The van der Waals surface area contributed by atoms with Gasteiger partial charge in [0, 0.05) is 34.3 Å². The zero-order chi connectivity index (χ0) is 28.5. The fourth-order valence-corrected chi connectivity index (χ4v) is 7.48. The molecule has 0 heterocycles. The van der Waals surface area contributed by atoms with Crippen molar-refractivity contribution in [1.82, 2.24) is 4.31 Å². The summed E-state index contributed by atoms with van der Waals surface area (Å²) in [5.74, 6) is 0. The molecule has 37 heavy (non-hydrogen) atoms. The molecule has 0 unspecified atom stereocenters. The van der Waals surface area contributed by atoms with Crippen molar-refractivity contribution < 1.29 is 36.4 Å².